The number of amides is 4. The third-order valence-electron chi connectivity index (χ3n) is 13.0. The molecule has 3 aliphatic rings. The van der Waals surface area contributed by atoms with Crippen molar-refractivity contribution in [3.8, 4) is 28.1 Å². The number of aromatic amines is 2. The summed E-state index contributed by atoms with van der Waals surface area (Å²) in [6.07, 6.45) is 3.09. The fraction of sp³-hybridized carbons (Fsp3) is 0.478. The topological polar surface area (TPSA) is 193 Å². The Labute approximate surface area is 360 Å². The third-order valence-corrected chi connectivity index (χ3v) is 13.0. The van der Waals surface area contributed by atoms with Crippen molar-refractivity contribution in [2.45, 2.75) is 103 Å². The first-order valence-corrected chi connectivity index (χ1v) is 21.5. The Morgan fingerprint density at radius 1 is 0.887 bits per heavy atom. The number of alkyl carbamates (subject to hydrolysis) is 2. The van der Waals surface area contributed by atoms with Crippen molar-refractivity contribution in [2.75, 3.05) is 27.9 Å². The lowest BCUT2D eigenvalue weighted by molar-refractivity contribution is -0.138. The van der Waals surface area contributed by atoms with Crippen molar-refractivity contribution in [3.63, 3.8) is 0 Å². The van der Waals surface area contributed by atoms with Gasteiger partial charge in [-0.05, 0) is 91.3 Å². The van der Waals surface area contributed by atoms with Crippen LogP contribution >= 0.6 is 0 Å². The van der Waals surface area contributed by atoms with Crippen LogP contribution in [0.15, 0.2) is 48.7 Å². The van der Waals surface area contributed by atoms with Gasteiger partial charge in [-0.3, -0.25) is 9.59 Å². The normalized spacial score (nSPS) is 21.0. The molecular weight excluding hydrogens is 793 g/mol. The van der Waals surface area contributed by atoms with Crippen molar-refractivity contribution < 1.29 is 38.1 Å². The van der Waals surface area contributed by atoms with E-state index < -0.39 is 30.4 Å². The molecule has 0 aliphatic carbocycles. The Morgan fingerprint density at radius 3 is 2.35 bits per heavy atom. The van der Waals surface area contributed by atoms with Gasteiger partial charge in [-0.2, -0.15) is 0 Å². The van der Waals surface area contributed by atoms with E-state index >= 15 is 0 Å². The molecule has 3 aliphatic heterocycles. The summed E-state index contributed by atoms with van der Waals surface area (Å²) in [6.45, 7) is 10.6. The lowest BCUT2D eigenvalue weighted by Gasteiger charge is -2.32. The molecule has 2 fully saturated rings. The summed E-state index contributed by atoms with van der Waals surface area (Å²) in [6, 6.07) is 12.3. The largest absolute Gasteiger partial charge is 0.488 e. The highest BCUT2D eigenvalue weighted by molar-refractivity contribution is 6.07. The minimum Gasteiger partial charge on any atom is -0.488 e. The predicted molar refractivity (Wildman–Crippen MR) is 232 cm³/mol. The van der Waals surface area contributed by atoms with E-state index in [0.717, 1.165) is 81.2 Å². The van der Waals surface area contributed by atoms with Gasteiger partial charge in [0, 0.05) is 30.6 Å². The van der Waals surface area contributed by atoms with Gasteiger partial charge in [0.15, 0.2) is 0 Å². The summed E-state index contributed by atoms with van der Waals surface area (Å²) >= 11 is 0. The van der Waals surface area contributed by atoms with E-state index in [0.29, 0.717) is 24.8 Å². The van der Waals surface area contributed by atoms with Crippen LogP contribution in [0.2, 0.25) is 0 Å². The minimum absolute atomic E-state index is 0.0297. The average molecular weight is 849 g/mol. The number of ether oxygens (including phenoxy) is 4. The van der Waals surface area contributed by atoms with Crippen molar-refractivity contribution in [1.29, 1.82) is 0 Å². The van der Waals surface area contributed by atoms with Gasteiger partial charge < -0.3 is 49.3 Å². The quantitative estimate of drug-likeness (QED) is 0.106. The SMILES string of the molecule is CC[C@H]1C[C@@H](c2ncc(-c3ccc4c(c3)COc3cc5c(ccc6[nH]c([C@@H]7CC[C@H](C)N7C(=O)[C@@H](NC(=O)OC)C(C)C)nc65)cc3-4)[nH]2)N(C(=O)C(NC(=O)OC)[C@@H](C)OC)C1. The first kappa shape index (κ1) is 42.5. The minimum atomic E-state index is -0.922. The molecule has 0 radical (unpaired) electrons. The van der Waals surface area contributed by atoms with Crippen LogP contribution in [-0.2, 0) is 30.4 Å². The van der Waals surface area contributed by atoms with E-state index in [9.17, 15) is 19.2 Å². The Bertz CT molecular complexity index is 2510. The molecule has 0 spiro atoms. The number of aromatic nitrogens is 4. The number of fused-ring (bicyclic) bond motifs is 6. The fourth-order valence-electron chi connectivity index (χ4n) is 9.37. The maximum absolute atomic E-state index is 14.0. The Balaban J connectivity index is 1.05. The van der Waals surface area contributed by atoms with Crippen molar-refractivity contribution in [1.82, 2.24) is 40.4 Å². The Kier molecular flexibility index (Phi) is 11.9. The highest BCUT2D eigenvalue weighted by Gasteiger charge is 2.43. The van der Waals surface area contributed by atoms with Gasteiger partial charge in [-0.1, -0.05) is 45.4 Å². The van der Waals surface area contributed by atoms with Crippen LogP contribution < -0.4 is 15.4 Å². The van der Waals surface area contributed by atoms with Gasteiger partial charge in [0.25, 0.3) is 0 Å². The van der Waals surface area contributed by atoms with Crippen LogP contribution in [-0.4, -0.2) is 106 Å². The molecule has 3 aromatic carbocycles. The molecule has 5 heterocycles. The van der Waals surface area contributed by atoms with Crippen LogP contribution in [0, 0.1) is 11.8 Å². The molecular formula is C46H56N8O8. The molecule has 8 rings (SSSR count). The number of benzene rings is 3. The summed E-state index contributed by atoms with van der Waals surface area (Å²) in [7, 11) is 4.07. The monoisotopic (exact) mass is 848 g/mol. The van der Waals surface area contributed by atoms with E-state index in [1.54, 1.807) is 18.0 Å². The molecule has 4 amide bonds. The molecule has 16 heteroatoms. The summed E-state index contributed by atoms with van der Waals surface area (Å²) in [5.41, 5.74) is 6.52. The van der Waals surface area contributed by atoms with Crippen LogP contribution in [0.3, 0.4) is 0 Å². The molecule has 62 heavy (non-hydrogen) atoms. The van der Waals surface area contributed by atoms with Gasteiger partial charge >= 0.3 is 12.2 Å². The first-order valence-electron chi connectivity index (χ1n) is 21.5. The number of carbonyl (C=O) groups is 4. The van der Waals surface area contributed by atoms with Gasteiger partial charge in [-0.15, -0.1) is 0 Å². The standard InChI is InChI=1S/C46H56N8O8/c1-9-26-16-36(53(21-26)43(55)39(25(5)59-6)52-46(58)61-8)41-47-20-34(49-41)28-11-13-30-29(17-28)22-62-37-19-31-27(18-32(30)37)12-14-33-40(31)50-42(48-33)35-15-10-24(4)54(35)44(56)38(23(2)3)51-45(57)60-7/h11-14,17-20,23-26,35-36,38-39H,9-10,15-16,21-22H2,1-8H3,(H,47,49)(H,48,50)(H,51,57)(H,52,58)/t24-,25+,26-,35-,36-,38-,39?/m0/s1. The second-order valence-electron chi connectivity index (χ2n) is 17.1. The lowest BCUT2D eigenvalue weighted by atomic mass is 9.92. The Hall–Kier alpha value is -6.16. The molecule has 0 bridgehead atoms. The van der Waals surface area contributed by atoms with Crippen LogP contribution in [0.25, 0.3) is 44.2 Å². The van der Waals surface area contributed by atoms with Crippen LogP contribution in [0.4, 0.5) is 9.59 Å². The second kappa shape index (κ2) is 17.3. The smallest absolute Gasteiger partial charge is 0.407 e. The summed E-state index contributed by atoms with van der Waals surface area (Å²) in [5, 5.41) is 7.35. The number of nitrogens with zero attached hydrogens (tertiary/aromatic N) is 4. The Morgan fingerprint density at radius 2 is 1.65 bits per heavy atom. The zero-order chi connectivity index (χ0) is 44.0. The molecule has 2 saturated heterocycles. The van der Waals surface area contributed by atoms with E-state index in [2.05, 4.69) is 63.9 Å². The number of nitrogens with one attached hydrogen (secondary N) is 4. The van der Waals surface area contributed by atoms with Crippen LogP contribution in [0.1, 0.15) is 89.6 Å². The number of likely N-dealkylation sites (tertiary alicyclic amines) is 2. The van der Waals surface area contributed by atoms with Crippen molar-refractivity contribution in [3.05, 3.63) is 65.9 Å². The number of methoxy groups -OCH3 is 3. The number of rotatable bonds is 11. The van der Waals surface area contributed by atoms with Crippen molar-refractivity contribution >= 4 is 45.8 Å². The molecule has 2 aromatic heterocycles. The maximum atomic E-state index is 14.0. The predicted octanol–water partition coefficient (Wildman–Crippen LogP) is 7.16. The molecule has 328 valence electrons. The summed E-state index contributed by atoms with van der Waals surface area (Å²) in [4.78, 5) is 72.9. The number of carbonyl (C=O) groups excluding carboxylic acids is 4. The molecule has 4 N–H and O–H groups in total. The van der Waals surface area contributed by atoms with Gasteiger partial charge in [0.1, 0.15) is 36.1 Å². The third kappa shape index (κ3) is 7.80. The van der Waals surface area contributed by atoms with Crippen LogP contribution in [0.5, 0.6) is 5.75 Å². The summed E-state index contributed by atoms with van der Waals surface area (Å²) in [5.74, 6) is 1.89. The highest BCUT2D eigenvalue weighted by atomic mass is 16.5. The molecule has 7 atom stereocenters. The van der Waals surface area contributed by atoms with E-state index in [1.165, 1.54) is 21.3 Å². The summed E-state index contributed by atoms with van der Waals surface area (Å²) < 4.78 is 21.5. The molecule has 16 nitrogen and oxygen atoms in total. The number of imidazole rings is 2. The molecule has 0 saturated carbocycles. The first-order chi connectivity index (χ1) is 29.8. The van der Waals surface area contributed by atoms with E-state index in [4.69, 9.17) is 28.9 Å². The van der Waals surface area contributed by atoms with Crippen molar-refractivity contribution in [2.24, 2.45) is 11.8 Å². The zero-order valence-electron chi connectivity index (χ0n) is 36.5. The molecule has 5 aromatic rings. The second-order valence-corrected chi connectivity index (χ2v) is 17.1. The fourth-order valence-corrected chi connectivity index (χ4v) is 9.37. The van der Waals surface area contributed by atoms with E-state index in [1.807, 2.05) is 31.7 Å². The zero-order valence-corrected chi connectivity index (χ0v) is 36.5. The lowest BCUT2D eigenvalue weighted by Crippen LogP contribution is -2.54. The molecule has 1 unspecified atom stereocenters. The maximum Gasteiger partial charge on any atom is 0.407 e. The number of hydrogen-bond acceptors (Lipinski definition) is 10. The van der Waals surface area contributed by atoms with Gasteiger partial charge in [0.05, 0.1) is 55.3 Å². The number of hydrogen-bond donors (Lipinski definition) is 4. The van der Waals surface area contributed by atoms with Gasteiger partial charge in [-0.25, -0.2) is 19.6 Å². The highest BCUT2D eigenvalue weighted by Crippen LogP contribution is 2.44. The average Bonchev–Trinajstić information content (AvgIpc) is 4.11. The van der Waals surface area contributed by atoms with E-state index in [-0.39, 0.29) is 41.8 Å². The van der Waals surface area contributed by atoms with Gasteiger partial charge in [0.2, 0.25) is 11.8 Å². The number of H-pyrrole nitrogens is 2.